The zero-order valence-corrected chi connectivity index (χ0v) is 10.4. The lowest BCUT2D eigenvalue weighted by Gasteiger charge is -2.08. The van der Waals surface area contributed by atoms with Gasteiger partial charge < -0.3 is 9.30 Å². The predicted octanol–water partition coefficient (Wildman–Crippen LogP) is 3.07. The van der Waals surface area contributed by atoms with Crippen molar-refractivity contribution in [1.29, 1.82) is 0 Å². The number of pyridine rings is 1. The van der Waals surface area contributed by atoms with Crippen LogP contribution in [-0.4, -0.2) is 16.7 Å². The molecule has 0 aromatic carbocycles. The minimum absolute atomic E-state index is 0.724. The van der Waals surface area contributed by atoms with Gasteiger partial charge in [-0.3, -0.25) is 0 Å². The van der Waals surface area contributed by atoms with Gasteiger partial charge in [0, 0.05) is 23.8 Å². The molecule has 2 rings (SSSR count). The molecule has 0 bridgehead atoms. The molecular formula is C13H18N2O. The first-order valence-electron chi connectivity index (χ1n) is 5.69. The van der Waals surface area contributed by atoms with Crippen LogP contribution in [0.2, 0.25) is 0 Å². The number of aryl methyl sites for hydroxylation is 2. The number of fused-ring (bicyclic) bond motifs is 1. The first-order valence-corrected chi connectivity index (χ1v) is 5.69. The van der Waals surface area contributed by atoms with Gasteiger partial charge in [0.15, 0.2) is 0 Å². The first-order chi connectivity index (χ1) is 7.70. The maximum atomic E-state index is 5.35. The highest BCUT2D eigenvalue weighted by molar-refractivity contribution is 5.88. The molecule has 3 heteroatoms. The maximum Gasteiger partial charge on any atom is 0.238 e. The SMILES string of the molecule is CCCn1c(C)c(C)c2ccnc(OC)c21. The monoisotopic (exact) mass is 218 g/mol. The van der Waals surface area contributed by atoms with Crippen molar-refractivity contribution in [1.82, 2.24) is 9.55 Å². The molecule has 0 saturated carbocycles. The van der Waals surface area contributed by atoms with E-state index < -0.39 is 0 Å². The van der Waals surface area contributed by atoms with E-state index in [0.29, 0.717) is 0 Å². The molecule has 0 spiro atoms. The number of aromatic nitrogens is 2. The summed E-state index contributed by atoms with van der Waals surface area (Å²) in [6.45, 7) is 7.51. The summed E-state index contributed by atoms with van der Waals surface area (Å²) in [6, 6.07) is 2.06. The molecule has 3 nitrogen and oxygen atoms in total. The Morgan fingerprint density at radius 3 is 2.75 bits per heavy atom. The Bertz CT molecular complexity index is 514. The summed E-state index contributed by atoms with van der Waals surface area (Å²) in [5, 5.41) is 1.25. The van der Waals surface area contributed by atoms with Crippen LogP contribution in [0.4, 0.5) is 0 Å². The lowest BCUT2D eigenvalue weighted by atomic mass is 10.2. The van der Waals surface area contributed by atoms with E-state index in [0.717, 1.165) is 24.4 Å². The summed E-state index contributed by atoms with van der Waals surface area (Å²) in [4.78, 5) is 4.28. The van der Waals surface area contributed by atoms with Crippen molar-refractivity contribution in [3.05, 3.63) is 23.5 Å². The van der Waals surface area contributed by atoms with E-state index in [4.69, 9.17) is 4.74 Å². The van der Waals surface area contributed by atoms with Gasteiger partial charge >= 0.3 is 0 Å². The summed E-state index contributed by atoms with van der Waals surface area (Å²) in [7, 11) is 1.68. The average Bonchev–Trinajstić information content (AvgIpc) is 2.55. The molecule has 0 aliphatic carbocycles. The number of ether oxygens (including phenoxy) is 1. The number of hydrogen-bond donors (Lipinski definition) is 0. The zero-order chi connectivity index (χ0) is 11.7. The van der Waals surface area contributed by atoms with Crippen LogP contribution >= 0.6 is 0 Å². The van der Waals surface area contributed by atoms with Crippen LogP contribution in [0, 0.1) is 13.8 Å². The van der Waals surface area contributed by atoms with Gasteiger partial charge in [0.2, 0.25) is 5.88 Å². The molecule has 0 saturated heterocycles. The molecule has 0 amide bonds. The molecule has 0 N–H and O–H groups in total. The third-order valence-corrected chi connectivity index (χ3v) is 3.15. The van der Waals surface area contributed by atoms with Crippen molar-refractivity contribution < 1.29 is 4.74 Å². The van der Waals surface area contributed by atoms with E-state index in [2.05, 4.69) is 36.4 Å². The van der Waals surface area contributed by atoms with Crippen LogP contribution in [0.25, 0.3) is 10.9 Å². The largest absolute Gasteiger partial charge is 0.479 e. The maximum absolute atomic E-state index is 5.35. The van der Waals surface area contributed by atoms with Gasteiger partial charge in [-0.1, -0.05) is 6.92 Å². The topological polar surface area (TPSA) is 27.1 Å². The van der Waals surface area contributed by atoms with Crippen molar-refractivity contribution in [3.8, 4) is 5.88 Å². The van der Waals surface area contributed by atoms with E-state index in [1.54, 1.807) is 7.11 Å². The van der Waals surface area contributed by atoms with Gasteiger partial charge in [-0.05, 0) is 31.9 Å². The number of rotatable bonds is 3. The summed E-state index contributed by atoms with van der Waals surface area (Å²) in [5.74, 6) is 0.724. The van der Waals surface area contributed by atoms with E-state index >= 15 is 0 Å². The van der Waals surface area contributed by atoms with E-state index in [9.17, 15) is 0 Å². The van der Waals surface area contributed by atoms with Crippen LogP contribution in [-0.2, 0) is 6.54 Å². The molecular weight excluding hydrogens is 200 g/mol. The molecule has 0 atom stereocenters. The molecule has 16 heavy (non-hydrogen) atoms. The number of nitrogens with zero attached hydrogens (tertiary/aromatic N) is 2. The summed E-state index contributed by atoms with van der Waals surface area (Å²) >= 11 is 0. The second-order valence-electron chi connectivity index (χ2n) is 4.08. The van der Waals surface area contributed by atoms with Gasteiger partial charge in [-0.25, -0.2) is 4.98 Å². The van der Waals surface area contributed by atoms with Crippen LogP contribution in [0.3, 0.4) is 0 Å². The number of methoxy groups -OCH3 is 1. The second kappa shape index (κ2) is 4.16. The van der Waals surface area contributed by atoms with Gasteiger partial charge in [-0.15, -0.1) is 0 Å². The molecule has 0 unspecified atom stereocenters. The highest BCUT2D eigenvalue weighted by Crippen LogP contribution is 2.30. The van der Waals surface area contributed by atoms with Crippen molar-refractivity contribution in [2.75, 3.05) is 7.11 Å². The van der Waals surface area contributed by atoms with Gasteiger partial charge in [-0.2, -0.15) is 0 Å². The quantitative estimate of drug-likeness (QED) is 0.791. The Balaban J connectivity index is 2.80. The van der Waals surface area contributed by atoms with E-state index in [1.165, 1.54) is 16.6 Å². The third kappa shape index (κ3) is 1.47. The van der Waals surface area contributed by atoms with Crippen LogP contribution in [0.1, 0.15) is 24.6 Å². The molecule has 0 aliphatic rings. The first kappa shape index (κ1) is 11.0. The summed E-state index contributed by atoms with van der Waals surface area (Å²) in [5.41, 5.74) is 3.76. The standard InChI is InChI=1S/C13H18N2O/c1-5-8-15-10(3)9(2)11-6-7-14-13(16-4)12(11)15/h6-7H,5,8H2,1-4H3. The van der Waals surface area contributed by atoms with Crippen molar-refractivity contribution in [2.45, 2.75) is 33.7 Å². The van der Waals surface area contributed by atoms with Crippen molar-refractivity contribution in [2.24, 2.45) is 0 Å². The van der Waals surface area contributed by atoms with Crippen LogP contribution in [0.15, 0.2) is 12.3 Å². The van der Waals surface area contributed by atoms with Gasteiger partial charge in [0.1, 0.15) is 5.52 Å². The highest BCUT2D eigenvalue weighted by atomic mass is 16.5. The smallest absolute Gasteiger partial charge is 0.238 e. The second-order valence-corrected chi connectivity index (χ2v) is 4.08. The highest BCUT2D eigenvalue weighted by Gasteiger charge is 2.14. The lowest BCUT2D eigenvalue weighted by molar-refractivity contribution is 0.400. The lowest BCUT2D eigenvalue weighted by Crippen LogP contribution is -2.01. The zero-order valence-electron chi connectivity index (χ0n) is 10.4. The Labute approximate surface area is 96.1 Å². The Kier molecular flexibility index (Phi) is 2.86. The third-order valence-electron chi connectivity index (χ3n) is 3.15. The number of hydrogen-bond acceptors (Lipinski definition) is 2. The predicted molar refractivity (Wildman–Crippen MR) is 66.1 cm³/mol. The van der Waals surface area contributed by atoms with Crippen molar-refractivity contribution in [3.63, 3.8) is 0 Å². The minimum atomic E-state index is 0.724. The molecule has 0 aliphatic heterocycles. The Hall–Kier alpha value is -1.51. The van der Waals surface area contributed by atoms with Gasteiger partial charge in [0.05, 0.1) is 7.11 Å². The fraction of sp³-hybridized carbons (Fsp3) is 0.462. The van der Waals surface area contributed by atoms with Crippen molar-refractivity contribution >= 4 is 10.9 Å². The van der Waals surface area contributed by atoms with Gasteiger partial charge in [0.25, 0.3) is 0 Å². The summed E-state index contributed by atoms with van der Waals surface area (Å²) < 4.78 is 7.65. The molecule has 86 valence electrons. The molecule has 2 aromatic heterocycles. The fourth-order valence-electron chi connectivity index (χ4n) is 2.22. The fourth-order valence-corrected chi connectivity index (χ4v) is 2.22. The molecule has 2 aromatic rings. The van der Waals surface area contributed by atoms with Crippen LogP contribution < -0.4 is 4.74 Å². The average molecular weight is 218 g/mol. The Morgan fingerprint density at radius 1 is 1.38 bits per heavy atom. The van der Waals surface area contributed by atoms with E-state index in [1.807, 2.05) is 6.20 Å². The Morgan fingerprint density at radius 2 is 2.12 bits per heavy atom. The normalized spacial score (nSPS) is 11.0. The van der Waals surface area contributed by atoms with Crippen LogP contribution in [0.5, 0.6) is 5.88 Å². The minimum Gasteiger partial charge on any atom is -0.479 e. The molecule has 0 fully saturated rings. The molecule has 2 heterocycles. The molecule has 0 radical (unpaired) electrons. The summed E-state index contributed by atoms with van der Waals surface area (Å²) in [6.07, 6.45) is 2.92. The van der Waals surface area contributed by atoms with E-state index in [-0.39, 0.29) is 0 Å².